The second-order valence-electron chi connectivity index (χ2n) is 3.61. The third-order valence-corrected chi connectivity index (χ3v) is 2.30. The van der Waals surface area contributed by atoms with Crippen molar-refractivity contribution in [2.45, 2.75) is 57.8 Å². The van der Waals surface area contributed by atoms with E-state index in [1.165, 1.54) is 38.5 Å². The maximum atomic E-state index is 10.1. The normalized spacial score (nSPS) is 10.2. The lowest BCUT2D eigenvalue weighted by Gasteiger charge is -1.99. The number of rotatable bonds is 10. The Bertz CT molecular complexity index is 99.3. The predicted octanol–water partition coefficient (Wildman–Crippen LogP) is 4.11. The topological polar surface area (TPSA) is 19.9 Å². The third-order valence-electron chi connectivity index (χ3n) is 2.30. The van der Waals surface area contributed by atoms with Crippen LogP contribution in [0.15, 0.2) is 12.7 Å². The van der Waals surface area contributed by atoms with Gasteiger partial charge >= 0.3 is 0 Å². The molecule has 0 N–H and O–H groups in total. The van der Waals surface area contributed by atoms with Gasteiger partial charge in [0.25, 0.3) is 0 Å². The molecule has 0 aromatic carbocycles. The van der Waals surface area contributed by atoms with Gasteiger partial charge < -0.3 is 0 Å². The van der Waals surface area contributed by atoms with Crippen molar-refractivity contribution >= 4 is 0 Å². The van der Waals surface area contributed by atoms with Gasteiger partial charge in [-0.2, -0.15) is 0 Å². The van der Waals surface area contributed by atoms with Crippen LogP contribution in [0, 0.1) is 0 Å². The second-order valence-corrected chi connectivity index (χ2v) is 3.61. The molecule has 0 aliphatic rings. The van der Waals surface area contributed by atoms with E-state index in [-0.39, 0.29) is 6.61 Å². The quantitative estimate of drug-likeness (QED) is 0.359. The van der Waals surface area contributed by atoms with Gasteiger partial charge in [0, 0.05) is 0 Å². The van der Waals surface area contributed by atoms with Crippen LogP contribution in [0.25, 0.3) is 0 Å². The van der Waals surface area contributed by atoms with Gasteiger partial charge in [-0.1, -0.05) is 44.6 Å². The predicted molar refractivity (Wildman–Crippen MR) is 57.3 cm³/mol. The Balaban J connectivity index is 2.79. The molecule has 0 amide bonds. The molecule has 0 bridgehead atoms. The van der Waals surface area contributed by atoms with Crippen molar-refractivity contribution in [3.8, 4) is 0 Å². The van der Waals surface area contributed by atoms with Crippen molar-refractivity contribution < 1.29 is 5.11 Å². The van der Waals surface area contributed by atoms with Crippen LogP contribution >= 0.6 is 0 Å². The van der Waals surface area contributed by atoms with Gasteiger partial charge in [0.1, 0.15) is 0 Å². The summed E-state index contributed by atoms with van der Waals surface area (Å²) in [6, 6.07) is 0. The van der Waals surface area contributed by atoms with Crippen molar-refractivity contribution in [2.75, 3.05) is 6.61 Å². The van der Waals surface area contributed by atoms with Crippen LogP contribution in [0.5, 0.6) is 0 Å². The fourth-order valence-electron chi connectivity index (χ4n) is 1.45. The molecular weight excluding hydrogens is 160 g/mol. The molecule has 0 spiro atoms. The Morgan fingerprint density at radius 1 is 0.769 bits per heavy atom. The van der Waals surface area contributed by atoms with Crippen LogP contribution in [0.1, 0.15) is 57.8 Å². The molecule has 0 unspecified atom stereocenters. The van der Waals surface area contributed by atoms with Crippen LogP contribution in [0.4, 0.5) is 0 Å². The minimum absolute atomic E-state index is 0.110. The number of unbranched alkanes of at least 4 members (excludes halogenated alkanes) is 8. The maximum absolute atomic E-state index is 10.1. The van der Waals surface area contributed by atoms with Gasteiger partial charge in [-0.3, -0.25) is 0 Å². The zero-order valence-electron chi connectivity index (χ0n) is 8.76. The van der Waals surface area contributed by atoms with E-state index in [0.29, 0.717) is 0 Å². The molecule has 0 rings (SSSR count). The lowest BCUT2D eigenvalue weighted by Crippen LogP contribution is -1.83. The van der Waals surface area contributed by atoms with E-state index in [0.717, 1.165) is 19.3 Å². The summed E-state index contributed by atoms with van der Waals surface area (Å²) >= 11 is 0. The van der Waals surface area contributed by atoms with E-state index in [1.807, 2.05) is 6.08 Å². The SMILES string of the molecule is C=CCCCCCCCCCC[O]. The third kappa shape index (κ3) is 11.7. The van der Waals surface area contributed by atoms with Gasteiger partial charge in [-0.15, -0.1) is 6.58 Å². The van der Waals surface area contributed by atoms with Crippen LogP contribution < -0.4 is 0 Å². The van der Waals surface area contributed by atoms with Gasteiger partial charge in [-0.25, -0.2) is 5.11 Å². The minimum atomic E-state index is 0.110. The summed E-state index contributed by atoms with van der Waals surface area (Å²) in [6.45, 7) is 3.81. The van der Waals surface area contributed by atoms with Crippen molar-refractivity contribution in [3.63, 3.8) is 0 Å². The van der Waals surface area contributed by atoms with E-state index < -0.39 is 0 Å². The van der Waals surface area contributed by atoms with Crippen LogP contribution in [0.3, 0.4) is 0 Å². The Kier molecular flexibility index (Phi) is 11.4. The summed E-state index contributed by atoms with van der Waals surface area (Å²) < 4.78 is 0. The first-order chi connectivity index (χ1) is 6.41. The summed E-state index contributed by atoms with van der Waals surface area (Å²) in [6.07, 6.45) is 13.1. The van der Waals surface area contributed by atoms with Gasteiger partial charge in [0.05, 0.1) is 6.61 Å². The fourth-order valence-corrected chi connectivity index (χ4v) is 1.45. The molecule has 0 aromatic heterocycles. The largest absolute Gasteiger partial charge is 0.237 e. The number of allylic oxidation sites excluding steroid dienone is 1. The van der Waals surface area contributed by atoms with Crippen molar-refractivity contribution in [2.24, 2.45) is 0 Å². The van der Waals surface area contributed by atoms with Crippen molar-refractivity contribution in [1.82, 2.24) is 0 Å². The molecule has 1 heteroatoms. The van der Waals surface area contributed by atoms with Crippen LogP contribution in [-0.2, 0) is 5.11 Å². The van der Waals surface area contributed by atoms with Crippen LogP contribution in [0.2, 0.25) is 0 Å². The first-order valence-corrected chi connectivity index (χ1v) is 5.61. The van der Waals surface area contributed by atoms with Gasteiger partial charge in [0.15, 0.2) is 0 Å². The van der Waals surface area contributed by atoms with E-state index in [9.17, 15) is 5.11 Å². The minimum Gasteiger partial charge on any atom is -0.237 e. The van der Waals surface area contributed by atoms with E-state index in [1.54, 1.807) is 0 Å². The second kappa shape index (κ2) is 11.7. The average molecular weight is 183 g/mol. The smallest absolute Gasteiger partial charge is 0.0822 e. The molecule has 0 saturated heterocycles. The molecule has 0 aliphatic heterocycles. The molecule has 0 aromatic rings. The zero-order chi connectivity index (χ0) is 9.78. The average Bonchev–Trinajstić information content (AvgIpc) is 2.16. The summed E-state index contributed by atoms with van der Waals surface area (Å²) in [5.41, 5.74) is 0. The lowest BCUT2D eigenvalue weighted by atomic mass is 10.1. The highest BCUT2D eigenvalue weighted by Crippen LogP contribution is 2.09. The molecule has 0 fully saturated rings. The number of hydrogen-bond donors (Lipinski definition) is 0. The Morgan fingerprint density at radius 3 is 1.69 bits per heavy atom. The highest BCUT2D eigenvalue weighted by Gasteiger charge is 1.91. The zero-order valence-corrected chi connectivity index (χ0v) is 8.76. The Hall–Kier alpha value is -0.300. The molecular formula is C12H23O. The molecule has 1 radical (unpaired) electrons. The maximum Gasteiger partial charge on any atom is 0.0822 e. The first kappa shape index (κ1) is 12.7. The summed E-state index contributed by atoms with van der Waals surface area (Å²) in [5.74, 6) is 0. The van der Waals surface area contributed by atoms with Crippen LogP contribution in [-0.4, -0.2) is 6.61 Å². The molecule has 77 valence electrons. The van der Waals surface area contributed by atoms with E-state index in [4.69, 9.17) is 0 Å². The number of hydrogen-bond acceptors (Lipinski definition) is 0. The molecule has 0 aliphatic carbocycles. The van der Waals surface area contributed by atoms with E-state index in [2.05, 4.69) is 6.58 Å². The molecule has 1 nitrogen and oxygen atoms in total. The molecule has 0 heterocycles. The summed E-state index contributed by atoms with van der Waals surface area (Å²) in [4.78, 5) is 0. The molecule has 0 atom stereocenters. The van der Waals surface area contributed by atoms with Gasteiger partial charge in [0.2, 0.25) is 0 Å². The summed E-state index contributed by atoms with van der Waals surface area (Å²) in [5, 5.41) is 10.1. The van der Waals surface area contributed by atoms with E-state index >= 15 is 0 Å². The Labute approximate surface area is 82.9 Å². The van der Waals surface area contributed by atoms with Crippen molar-refractivity contribution in [1.29, 1.82) is 0 Å². The first-order valence-electron chi connectivity index (χ1n) is 5.61. The molecule has 0 saturated carbocycles. The standard InChI is InChI=1S/C12H23O/c1-2-3-4-5-6-7-8-9-10-11-12-13/h2H,1,3-12H2. The highest BCUT2D eigenvalue weighted by molar-refractivity contribution is 4.65. The highest BCUT2D eigenvalue weighted by atomic mass is 16.2. The Morgan fingerprint density at radius 2 is 1.23 bits per heavy atom. The van der Waals surface area contributed by atoms with Gasteiger partial charge in [-0.05, 0) is 19.3 Å². The molecule has 13 heavy (non-hydrogen) atoms. The monoisotopic (exact) mass is 183 g/mol. The fraction of sp³-hybridized carbons (Fsp3) is 0.833. The van der Waals surface area contributed by atoms with Crippen molar-refractivity contribution in [3.05, 3.63) is 12.7 Å². The lowest BCUT2D eigenvalue weighted by molar-refractivity contribution is 0.186. The summed E-state index contributed by atoms with van der Waals surface area (Å²) in [7, 11) is 0.